The van der Waals surface area contributed by atoms with Crippen LogP contribution in [0.3, 0.4) is 0 Å². The summed E-state index contributed by atoms with van der Waals surface area (Å²) in [6.07, 6.45) is -3.49. The van der Waals surface area contributed by atoms with Gasteiger partial charge in [-0.05, 0) is 30.5 Å². The molecule has 1 aromatic carbocycles. The van der Waals surface area contributed by atoms with Crippen LogP contribution in [0.2, 0.25) is 0 Å². The van der Waals surface area contributed by atoms with Crippen LogP contribution in [0.5, 0.6) is 0 Å². The number of aliphatic carboxylic acids is 1. The maximum Gasteiger partial charge on any atom is 0.416 e. The third-order valence-corrected chi connectivity index (χ3v) is 4.39. The molecule has 6 heteroatoms. The summed E-state index contributed by atoms with van der Waals surface area (Å²) in [5.41, 5.74) is -1.28. The molecular formula is C14H13F3O3. The van der Waals surface area contributed by atoms with Crippen molar-refractivity contribution in [1.82, 2.24) is 0 Å². The number of carbonyl (C=O) groups is 1. The monoisotopic (exact) mass is 286 g/mol. The molecule has 1 saturated carbocycles. The second kappa shape index (κ2) is 3.97. The lowest BCUT2D eigenvalue weighted by Crippen LogP contribution is -2.62. The van der Waals surface area contributed by atoms with Gasteiger partial charge in [0.1, 0.15) is 0 Å². The number of rotatable bonds is 2. The molecule has 4 rings (SSSR count). The standard InChI is InChI=1S/C14H13F3O3/c15-14(16,17)10-3-1-9(2-4-10)12-5-13(6-12,11(18)19)8-20-7-12/h1-4H,5-8H2,(H,18,19). The Labute approximate surface area is 113 Å². The van der Waals surface area contributed by atoms with E-state index in [1.54, 1.807) is 0 Å². The van der Waals surface area contributed by atoms with Crippen LogP contribution in [0.25, 0.3) is 0 Å². The molecule has 3 aliphatic rings. The maximum atomic E-state index is 12.5. The lowest BCUT2D eigenvalue weighted by molar-refractivity contribution is -0.192. The Hall–Kier alpha value is -1.56. The van der Waals surface area contributed by atoms with E-state index in [0.717, 1.165) is 17.7 Å². The molecule has 3 nitrogen and oxygen atoms in total. The normalized spacial score (nSPS) is 32.5. The largest absolute Gasteiger partial charge is 0.481 e. The minimum absolute atomic E-state index is 0.185. The summed E-state index contributed by atoms with van der Waals surface area (Å²) in [7, 11) is 0. The summed E-state index contributed by atoms with van der Waals surface area (Å²) in [5.74, 6) is -0.889. The number of carboxylic acids is 1. The van der Waals surface area contributed by atoms with Gasteiger partial charge in [-0.15, -0.1) is 0 Å². The van der Waals surface area contributed by atoms with Gasteiger partial charge in [-0.1, -0.05) is 12.1 Å². The first-order valence-electron chi connectivity index (χ1n) is 6.26. The molecule has 2 heterocycles. The summed E-state index contributed by atoms with van der Waals surface area (Å²) in [6.45, 7) is 0.554. The van der Waals surface area contributed by atoms with E-state index in [1.807, 2.05) is 0 Å². The fourth-order valence-corrected chi connectivity index (χ4v) is 3.40. The van der Waals surface area contributed by atoms with Crippen molar-refractivity contribution in [2.45, 2.75) is 24.4 Å². The van der Waals surface area contributed by atoms with E-state index < -0.39 is 28.5 Å². The summed E-state index contributed by atoms with van der Waals surface area (Å²) < 4.78 is 42.9. The van der Waals surface area contributed by atoms with Crippen molar-refractivity contribution < 1.29 is 27.8 Å². The minimum Gasteiger partial charge on any atom is -0.481 e. The zero-order valence-corrected chi connectivity index (χ0v) is 10.5. The number of alkyl halides is 3. The van der Waals surface area contributed by atoms with E-state index in [2.05, 4.69) is 0 Å². The third-order valence-electron chi connectivity index (χ3n) is 4.39. The van der Waals surface area contributed by atoms with Crippen molar-refractivity contribution in [1.29, 1.82) is 0 Å². The number of halogens is 3. The molecule has 0 atom stereocenters. The number of fused-ring (bicyclic) bond motifs is 2. The van der Waals surface area contributed by atoms with Crippen LogP contribution < -0.4 is 0 Å². The van der Waals surface area contributed by atoms with Gasteiger partial charge in [-0.2, -0.15) is 13.2 Å². The molecule has 0 aromatic heterocycles. The molecule has 2 saturated heterocycles. The second-order valence-corrected chi connectivity index (χ2v) is 5.79. The van der Waals surface area contributed by atoms with Crippen LogP contribution in [-0.4, -0.2) is 24.3 Å². The van der Waals surface area contributed by atoms with E-state index in [4.69, 9.17) is 4.74 Å². The maximum absolute atomic E-state index is 12.5. The van der Waals surface area contributed by atoms with Crippen LogP contribution in [0.15, 0.2) is 24.3 Å². The van der Waals surface area contributed by atoms with Gasteiger partial charge in [-0.3, -0.25) is 4.79 Å². The van der Waals surface area contributed by atoms with Gasteiger partial charge >= 0.3 is 12.1 Å². The second-order valence-electron chi connectivity index (χ2n) is 5.79. The van der Waals surface area contributed by atoms with Crippen molar-refractivity contribution in [2.24, 2.45) is 5.41 Å². The highest BCUT2D eigenvalue weighted by Crippen LogP contribution is 2.59. The zero-order valence-electron chi connectivity index (χ0n) is 10.5. The molecule has 1 aromatic rings. The van der Waals surface area contributed by atoms with Gasteiger partial charge in [0.25, 0.3) is 0 Å². The Morgan fingerprint density at radius 1 is 1.15 bits per heavy atom. The van der Waals surface area contributed by atoms with Gasteiger partial charge in [0.15, 0.2) is 0 Å². The lowest BCUT2D eigenvalue weighted by Gasteiger charge is -2.58. The van der Waals surface area contributed by atoms with E-state index >= 15 is 0 Å². The van der Waals surface area contributed by atoms with E-state index in [1.165, 1.54) is 12.1 Å². The van der Waals surface area contributed by atoms with E-state index in [9.17, 15) is 23.1 Å². The molecule has 0 radical (unpaired) electrons. The van der Waals surface area contributed by atoms with Gasteiger partial charge in [-0.25, -0.2) is 0 Å². The van der Waals surface area contributed by atoms with Crippen LogP contribution in [-0.2, 0) is 21.1 Å². The molecule has 3 fully saturated rings. The Balaban J connectivity index is 1.86. The highest BCUT2D eigenvalue weighted by molar-refractivity contribution is 5.77. The Bertz CT molecular complexity index is 542. The molecule has 1 N–H and O–H groups in total. The van der Waals surface area contributed by atoms with Gasteiger partial charge < -0.3 is 9.84 Å². The first kappa shape index (κ1) is 13.4. The fraction of sp³-hybridized carbons (Fsp3) is 0.500. The Kier molecular flexibility index (Phi) is 2.67. The summed E-state index contributed by atoms with van der Waals surface area (Å²) in [6, 6.07) is 4.95. The predicted octanol–water partition coefficient (Wildman–Crippen LogP) is 2.84. The average molecular weight is 286 g/mol. The predicted molar refractivity (Wildman–Crippen MR) is 63.2 cm³/mol. The smallest absolute Gasteiger partial charge is 0.416 e. The molecule has 0 unspecified atom stereocenters. The fourth-order valence-electron chi connectivity index (χ4n) is 3.40. The van der Waals surface area contributed by atoms with Crippen LogP contribution in [0.1, 0.15) is 24.0 Å². The molecule has 0 spiro atoms. The van der Waals surface area contributed by atoms with Crippen molar-refractivity contribution in [3.8, 4) is 0 Å². The van der Waals surface area contributed by atoms with Gasteiger partial charge in [0.2, 0.25) is 0 Å². The molecular weight excluding hydrogens is 273 g/mol. The lowest BCUT2D eigenvalue weighted by atomic mass is 9.49. The Morgan fingerprint density at radius 2 is 1.75 bits per heavy atom. The Morgan fingerprint density at radius 3 is 2.25 bits per heavy atom. The number of benzene rings is 1. The van der Waals surface area contributed by atoms with Crippen molar-refractivity contribution in [3.63, 3.8) is 0 Å². The van der Waals surface area contributed by atoms with Gasteiger partial charge in [0, 0.05) is 5.41 Å². The van der Waals surface area contributed by atoms with Crippen LogP contribution >= 0.6 is 0 Å². The van der Waals surface area contributed by atoms with Crippen LogP contribution in [0.4, 0.5) is 13.2 Å². The van der Waals surface area contributed by atoms with Crippen LogP contribution in [0, 0.1) is 5.41 Å². The van der Waals surface area contributed by atoms with Crippen molar-refractivity contribution in [2.75, 3.05) is 13.2 Å². The minimum atomic E-state index is -4.36. The zero-order chi connectivity index (χ0) is 14.6. The van der Waals surface area contributed by atoms with Crippen molar-refractivity contribution in [3.05, 3.63) is 35.4 Å². The number of hydrogen-bond donors (Lipinski definition) is 1. The quantitative estimate of drug-likeness (QED) is 0.909. The highest BCUT2D eigenvalue weighted by atomic mass is 19.4. The average Bonchev–Trinajstić information content (AvgIpc) is 2.37. The summed E-state index contributed by atoms with van der Waals surface area (Å²) >= 11 is 0. The topological polar surface area (TPSA) is 46.5 Å². The number of ether oxygens (including phenoxy) is 1. The molecule has 108 valence electrons. The number of carboxylic acid groups (broad SMARTS) is 1. The molecule has 2 bridgehead atoms. The third kappa shape index (κ3) is 1.82. The molecule has 1 aliphatic carbocycles. The summed E-state index contributed by atoms with van der Waals surface area (Å²) in [5, 5.41) is 9.22. The van der Waals surface area contributed by atoms with E-state index in [-0.39, 0.29) is 6.61 Å². The molecule has 0 amide bonds. The highest BCUT2D eigenvalue weighted by Gasteiger charge is 2.63. The first-order chi connectivity index (χ1) is 9.28. The first-order valence-corrected chi connectivity index (χ1v) is 6.26. The number of hydrogen-bond acceptors (Lipinski definition) is 2. The van der Waals surface area contributed by atoms with Crippen molar-refractivity contribution >= 4 is 5.97 Å². The molecule has 20 heavy (non-hydrogen) atoms. The SMILES string of the molecule is O=C(O)C12COCC(c3ccc(C(F)(F)F)cc3)(C1)C2. The molecule has 2 aliphatic heterocycles. The van der Waals surface area contributed by atoms with E-state index in [0.29, 0.717) is 19.4 Å². The van der Waals surface area contributed by atoms with Gasteiger partial charge in [0.05, 0.1) is 24.2 Å². The summed E-state index contributed by atoms with van der Waals surface area (Å²) in [4.78, 5) is 11.2.